The molecule has 1 N–H and O–H groups in total. The van der Waals surface area contributed by atoms with Crippen LogP contribution in [-0.2, 0) is 6.42 Å². The zero-order valence-corrected chi connectivity index (χ0v) is 10.1. The molecule has 0 radical (unpaired) electrons. The molecular formula is C13H14N2S. The third-order valence-electron chi connectivity index (χ3n) is 3.02. The van der Waals surface area contributed by atoms with Gasteiger partial charge in [-0.2, -0.15) is 0 Å². The van der Waals surface area contributed by atoms with Gasteiger partial charge in [0.05, 0.1) is 11.7 Å². The molecule has 2 aromatic heterocycles. The van der Waals surface area contributed by atoms with E-state index in [1.807, 2.05) is 17.5 Å². The van der Waals surface area contributed by atoms with Crippen molar-refractivity contribution in [3.63, 3.8) is 0 Å². The van der Waals surface area contributed by atoms with E-state index < -0.39 is 0 Å². The largest absolute Gasteiger partial charge is 0.304 e. The summed E-state index contributed by atoms with van der Waals surface area (Å²) in [6.07, 6.45) is 3.08. The van der Waals surface area contributed by atoms with Crippen LogP contribution in [0.1, 0.15) is 27.7 Å². The molecule has 1 unspecified atom stereocenters. The summed E-state index contributed by atoms with van der Waals surface area (Å²) in [6, 6.07) is 6.79. The van der Waals surface area contributed by atoms with Crippen LogP contribution in [0.15, 0.2) is 29.8 Å². The van der Waals surface area contributed by atoms with E-state index in [1.54, 1.807) is 0 Å². The van der Waals surface area contributed by atoms with Gasteiger partial charge in [0.25, 0.3) is 0 Å². The van der Waals surface area contributed by atoms with Gasteiger partial charge in [0.15, 0.2) is 0 Å². The van der Waals surface area contributed by atoms with E-state index in [-0.39, 0.29) is 0 Å². The number of nitrogens with one attached hydrogen (secondary N) is 1. The summed E-state index contributed by atoms with van der Waals surface area (Å²) in [5.74, 6) is 0. The summed E-state index contributed by atoms with van der Waals surface area (Å²) in [4.78, 5) is 5.96. The van der Waals surface area contributed by atoms with Crippen LogP contribution < -0.4 is 5.32 Å². The number of fused-ring (bicyclic) bond motifs is 1. The lowest BCUT2D eigenvalue weighted by Gasteiger charge is -2.23. The second kappa shape index (κ2) is 4.00. The topological polar surface area (TPSA) is 24.9 Å². The molecule has 3 heteroatoms. The van der Waals surface area contributed by atoms with Gasteiger partial charge in [0, 0.05) is 17.6 Å². The number of aryl methyl sites for hydroxylation is 1. The average Bonchev–Trinajstić information content (AvgIpc) is 2.78. The van der Waals surface area contributed by atoms with Crippen molar-refractivity contribution in [2.24, 2.45) is 0 Å². The highest BCUT2D eigenvalue weighted by molar-refractivity contribution is 7.10. The lowest BCUT2D eigenvalue weighted by atomic mass is 10.0. The predicted octanol–water partition coefficient (Wildman–Crippen LogP) is 2.69. The fourth-order valence-corrected chi connectivity index (χ4v) is 3.18. The minimum atomic E-state index is 0.296. The summed E-state index contributed by atoms with van der Waals surface area (Å²) >= 11 is 1.83. The number of thiophene rings is 1. The second-order valence-corrected chi connectivity index (χ2v) is 5.16. The highest BCUT2D eigenvalue weighted by Crippen LogP contribution is 2.31. The number of aromatic nitrogens is 1. The van der Waals surface area contributed by atoms with E-state index in [0.29, 0.717) is 6.04 Å². The van der Waals surface area contributed by atoms with E-state index in [2.05, 4.69) is 40.8 Å². The van der Waals surface area contributed by atoms with Crippen LogP contribution in [0.2, 0.25) is 0 Å². The van der Waals surface area contributed by atoms with Crippen LogP contribution in [0, 0.1) is 6.92 Å². The fourth-order valence-electron chi connectivity index (χ4n) is 2.14. The Morgan fingerprint density at radius 1 is 1.38 bits per heavy atom. The van der Waals surface area contributed by atoms with Gasteiger partial charge in [0.1, 0.15) is 0 Å². The van der Waals surface area contributed by atoms with Gasteiger partial charge in [-0.1, -0.05) is 6.07 Å². The van der Waals surface area contributed by atoms with E-state index in [1.165, 1.54) is 16.0 Å². The predicted molar refractivity (Wildman–Crippen MR) is 66.8 cm³/mol. The summed E-state index contributed by atoms with van der Waals surface area (Å²) in [7, 11) is 0. The van der Waals surface area contributed by atoms with Crippen LogP contribution in [0.5, 0.6) is 0 Å². The highest BCUT2D eigenvalue weighted by Gasteiger charge is 2.23. The summed E-state index contributed by atoms with van der Waals surface area (Å²) in [5, 5.41) is 5.72. The first-order valence-electron chi connectivity index (χ1n) is 5.57. The number of pyridine rings is 1. The highest BCUT2D eigenvalue weighted by atomic mass is 32.1. The molecule has 0 bridgehead atoms. The molecule has 2 aromatic rings. The number of rotatable bonds is 1. The monoisotopic (exact) mass is 230 g/mol. The molecule has 1 atom stereocenters. The zero-order valence-electron chi connectivity index (χ0n) is 9.23. The molecular weight excluding hydrogens is 216 g/mol. The van der Waals surface area contributed by atoms with Crippen molar-refractivity contribution < 1.29 is 0 Å². The molecule has 3 heterocycles. The first kappa shape index (κ1) is 10.00. The van der Waals surface area contributed by atoms with Crippen molar-refractivity contribution in [3.05, 3.63) is 51.5 Å². The molecule has 0 aliphatic carbocycles. The molecule has 0 saturated carbocycles. The van der Waals surface area contributed by atoms with Gasteiger partial charge < -0.3 is 5.32 Å². The Hall–Kier alpha value is -1.19. The Labute approximate surface area is 99.4 Å². The molecule has 16 heavy (non-hydrogen) atoms. The van der Waals surface area contributed by atoms with Gasteiger partial charge in [0.2, 0.25) is 0 Å². The first-order valence-corrected chi connectivity index (χ1v) is 6.45. The molecule has 2 nitrogen and oxygen atoms in total. The van der Waals surface area contributed by atoms with Gasteiger partial charge >= 0.3 is 0 Å². The summed E-state index contributed by atoms with van der Waals surface area (Å²) in [5.41, 5.74) is 3.83. The van der Waals surface area contributed by atoms with Crippen LogP contribution in [0.3, 0.4) is 0 Å². The number of hydrogen-bond acceptors (Lipinski definition) is 3. The third kappa shape index (κ3) is 1.66. The third-order valence-corrected chi connectivity index (χ3v) is 4.04. The fraction of sp³-hybridized carbons (Fsp3) is 0.308. The van der Waals surface area contributed by atoms with E-state index in [0.717, 1.165) is 18.7 Å². The zero-order chi connectivity index (χ0) is 11.0. The van der Waals surface area contributed by atoms with Crippen molar-refractivity contribution in [1.82, 2.24) is 10.3 Å². The molecule has 1 aliphatic heterocycles. The maximum atomic E-state index is 4.52. The Kier molecular flexibility index (Phi) is 2.50. The molecule has 1 aliphatic rings. The van der Waals surface area contributed by atoms with Crippen molar-refractivity contribution >= 4 is 11.3 Å². The Bertz CT molecular complexity index is 487. The Morgan fingerprint density at radius 2 is 2.31 bits per heavy atom. The van der Waals surface area contributed by atoms with Crippen molar-refractivity contribution in [1.29, 1.82) is 0 Å². The molecule has 0 aromatic carbocycles. The molecule has 0 amide bonds. The molecule has 3 rings (SSSR count). The van der Waals surface area contributed by atoms with Crippen LogP contribution >= 0.6 is 11.3 Å². The van der Waals surface area contributed by atoms with Crippen LogP contribution in [-0.4, -0.2) is 11.5 Å². The second-order valence-electron chi connectivity index (χ2n) is 4.21. The average molecular weight is 230 g/mol. The number of nitrogens with zero attached hydrogens (tertiary/aromatic N) is 1. The first-order chi connectivity index (χ1) is 7.84. The minimum Gasteiger partial charge on any atom is -0.304 e. The normalized spacial score (nSPS) is 19.4. The van der Waals surface area contributed by atoms with Gasteiger partial charge in [-0.05, 0) is 42.0 Å². The quantitative estimate of drug-likeness (QED) is 0.814. The summed E-state index contributed by atoms with van der Waals surface area (Å²) in [6.45, 7) is 3.12. The lowest BCUT2D eigenvalue weighted by Crippen LogP contribution is -2.29. The van der Waals surface area contributed by atoms with Gasteiger partial charge in [-0.25, -0.2) is 0 Å². The van der Waals surface area contributed by atoms with E-state index in [4.69, 9.17) is 0 Å². The standard InChI is InChI=1S/C13H14N2S/c1-9-2-3-11(15-8-9)12-13-10(4-6-14-12)5-7-16-13/h2-3,5,7-8,12,14H,4,6H2,1H3. The van der Waals surface area contributed by atoms with Crippen LogP contribution in [0.4, 0.5) is 0 Å². The smallest absolute Gasteiger partial charge is 0.0847 e. The van der Waals surface area contributed by atoms with Gasteiger partial charge in [-0.15, -0.1) is 11.3 Å². The molecule has 0 saturated heterocycles. The summed E-state index contributed by atoms with van der Waals surface area (Å²) < 4.78 is 0. The molecule has 0 spiro atoms. The van der Waals surface area contributed by atoms with Crippen molar-refractivity contribution in [2.45, 2.75) is 19.4 Å². The van der Waals surface area contributed by atoms with Gasteiger partial charge in [-0.3, -0.25) is 4.98 Å². The SMILES string of the molecule is Cc1ccc(C2NCCc3ccsc32)nc1. The van der Waals surface area contributed by atoms with Crippen molar-refractivity contribution in [3.8, 4) is 0 Å². The van der Waals surface area contributed by atoms with E-state index >= 15 is 0 Å². The molecule has 82 valence electrons. The Balaban J connectivity index is 2.00. The number of hydrogen-bond donors (Lipinski definition) is 1. The lowest BCUT2D eigenvalue weighted by molar-refractivity contribution is 0.567. The van der Waals surface area contributed by atoms with E-state index in [9.17, 15) is 0 Å². The Morgan fingerprint density at radius 3 is 3.12 bits per heavy atom. The van der Waals surface area contributed by atoms with Crippen LogP contribution in [0.25, 0.3) is 0 Å². The van der Waals surface area contributed by atoms with Crippen molar-refractivity contribution in [2.75, 3.05) is 6.54 Å². The minimum absolute atomic E-state index is 0.296. The maximum absolute atomic E-state index is 4.52. The molecule has 0 fully saturated rings. The maximum Gasteiger partial charge on any atom is 0.0847 e.